The van der Waals surface area contributed by atoms with Gasteiger partial charge in [0, 0.05) is 32.2 Å². The first kappa shape index (κ1) is 13.2. The predicted molar refractivity (Wildman–Crippen MR) is 65.2 cm³/mol. The van der Waals surface area contributed by atoms with Gasteiger partial charge in [-0.15, -0.1) is 0 Å². The van der Waals surface area contributed by atoms with Crippen LogP contribution in [-0.2, 0) is 11.3 Å². The highest BCUT2D eigenvalue weighted by atomic mass is 16.5. The van der Waals surface area contributed by atoms with E-state index in [9.17, 15) is 0 Å². The van der Waals surface area contributed by atoms with E-state index in [0.717, 1.165) is 38.2 Å². The Balaban J connectivity index is 2.39. The molecule has 0 spiro atoms. The largest absolute Gasteiger partial charge is 0.381 e. The number of aromatic nitrogens is 2. The first-order valence-corrected chi connectivity index (χ1v) is 6.13. The molecule has 1 aromatic heterocycles. The van der Waals surface area contributed by atoms with Crippen LogP contribution in [0.2, 0.25) is 0 Å². The highest BCUT2D eigenvalue weighted by Gasteiger charge is 2.11. The van der Waals surface area contributed by atoms with Crippen molar-refractivity contribution >= 4 is 0 Å². The maximum absolute atomic E-state index is 6.09. The number of hydrogen-bond acceptors (Lipinski definition) is 3. The fraction of sp³-hybridized carbons (Fsp3) is 0.750. The van der Waals surface area contributed by atoms with E-state index in [1.807, 2.05) is 12.4 Å². The predicted octanol–water partition coefficient (Wildman–Crippen LogP) is 2.11. The summed E-state index contributed by atoms with van der Waals surface area (Å²) in [5.41, 5.74) is 6.09. The van der Waals surface area contributed by atoms with E-state index >= 15 is 0 Å². The Labute approximate surface area is 97.8 Å². The van der Waals surface area contributed by atoms with E-state index in [0.29, 0.717) is 6.61 Å². The van der Waals surface area contributed by atoms with Gasteiger partial charge in [-0.25, -0.2) is 4.98 Å². The van der Waals surface area contributed by atoms with Gasteiger partial charge in [0.25, 0.3) is 0 Å². The lowest BCUT2D eigenvalue weighted by atomic mass is 10.2. The van der Waals surface area contributed by atoms with Gasteiger partial charge >= 0.3 is 0 Å². The third-order valence-electron chi connectivity index (χ3n) is 2.47. The molecular weight excluding hydrogens is 202 g/mol. The van der Waals surface area contributed by atoms with Crippen molar-refractivity contribution < 1.29 is 4.74 Å². The molecule has 0 aliphatic carbocycles. The van der Waals surface area contributed by atoms with Gasteiger partial charge < -0.3 is 15.0 Å². The molecule has 2 N–H and O–H groups in total. The summed E-state index contributed by atoms with van der Waals surface area (Å²) in [5, 5.41) is 0. The second kappa shape index (κ2) is 7.41. The number of ether oxygens (including phenoxy) is 1. The van der Waals surface area contributed by atoms with Gasteiger partial charge in [-0.05, 0) is 19.3 Å². The lowest BCUT2D eigenvalue weighted by Gasteiger charge is -2.13. The third-order valence-corrected chi connectivity index (χ3v) is 2.47. The minimum Gasteiger partial charge on any atom is -0.381 e. The molecule has 1 heterocycles. The van der Waals surface area contributed by atoms with Crippen LogP contribution in [0.15, 0.2) is 12.4 Å². The molecule has 0 aromatic carbocycles. The van der Waals surface area contributed by atoms with Gasteiger partial charge in [0.2, 0.25) is 0 Å². The summed E-state index contributed by atoms with van der Waals surface area (Å²) in [4.78, 5) is 4.32. The van der Waals surface area contributed by atoms with Crippen molar-refractivity contribution in [1.82, 2.24) is 9.55 Å². The molecule has 92 valence electrons. The lowest BCUT2D eigenvalue weighted by Crippen LogP contribution is -2.18. The van der Waals surface area contributed by atoms with Crippen LogP contribution in [0.3, 0.4) is 0 Å². The molecule has 16 heavy (non-hydrogen) atoms. The highest BCUT2D eigenvalue weighted by Crippen LogP contribution is 2.12. The molecule has 0 saturated carbocycles. The molecule has 0 bridgehead atoms. The van der Waals surface area contributed by atoms with E-state index < -0.39 is 0 Å². The lowest BCUT2D eigenvalue weighted by molar-refractivity contribution is 0.127. The summed E-state index contributed by atoms with van der Waals surface area (Å²) in [7, 11) is 0. The normalized spacial score (nSPS) is 12.9. The summed E-state index contributed by atoms with van der Waals surface area (Å²) in [6.45, 7) is 6.77. The highest BCUT2D eigenvalue weighted by molar-refractivity contribution is 4.98. The molecule has 0 fully saturated rings. The van der Waals surface area contributed by atoms with Gasteiger partial charge in [0.1, 0.15) is 5.82 Å². The molecule has 0 aliphatic heterocycles. The fourth-order valence-electron chi connectivity index (χ4n) is 1.67. The Kier molecular flexibility index (Phi) is 6.11. The first-order valence-electron chi connectivity index (χ1n) is 6.13. The van der Waals surface area contributed by atoms with E-state index in [2.05, 4.69) is 23.4 Å². The molecular formula is C12H23N3O. The molecule has 1 atom stereocenters. The number of nitrogens with zero attached hydrogens (tertiary/aromatic N) is 2. The second-order valence-electron chi connectivity index (χ2n) is 3.99. The van der Waals surface area contributed by atoms with Gasteiger partial charge in [0.15, 0.2) is 0 Å². The van der Waals surface area contributed by atoms with Crippen molar-refractivity contribution in [2.75, 3.05) is 13.2 Å². The van der Waals surface area contributed by atoms with Crippen molar-refractivity contribution in [1.29, 1.82) is 0 Å². The minimum atomic E-state index is -0.0154. The average molecular weight is 225 g/mol. The zero-order valence-corrected chi connectivity index (χ0v) is 10.4. The number of hydrogen-bond donors (Lipinski definition) is 1. The maximum atomic E-state index is 6.09. The standard InChI is InChI=1S/C12H23N3O/c1-3-7-15-8-6-14-12(15)11(13)5-10-16-9-4-2/h6,8,11H,3-5,7,9-10,13H2,1-2H3. The minimum absolute atomic E-state index is 0.0154. The maximum Gasteiger partial charge on any atom is 0.125 e. The average Bonchev–Trinajstić information content (AvgIpc) is 2.73. The van der Waals surface area contributed by atoms with Crippen LogP contribution in [0.5, 0.6) is 0 Å². The van der Waals surface area contributed by atoms with Gasteiger partial charge in [0.05, 0.1) is 6.04 Å². The molecule has 0 amide bonds. The van der Waals surface area contributed by atoms with Gasteiger partial charge in [-0.2, -0.15) is 0 Å². The molecule has 4 heteroatoms. The number of rotatable bonds is 8. The monoisotopic (exact) mass is 225 g/mol. The second-order valence-corrected chi connectivity index (χ2v) is 3.99. The van der Waals surface area contributed by atoms with Crippen LogP contribution in [0.25, 0.3) is 0 Å². The van der Waals surface area contributed by atoms with E-state index in [-0.39, 0.29) is 6.04 Å². The van der Waals surface area contributed by atoms with Crippen LogP contribution in [-0.4, -0.2) is 22.8 Å². The van der Waals surface area contributed by atoms with E-state index in [1.165, 1.54) is 0 Å². The quantitative estimate of drug-likeness (QED) is 0.689. The van der Waals surface area contributed by atoms with Crippen LogP contribution in [0.1, 0.15) is 45.0 Å². The first-order chi connectivity index (χ1) is 7.79. The van der Waals surface area contributed by atoms with Gasteiger partial charge in [-0.3, -0.25) is 0 Å². The molecule has 0 aliphatic rings. The van der Waals surface area contributed by atoms with E-state index in [1.54, 1.807) is 0 Å². The molecule has 4 nitrogen and oxygen atoms in total. The van der Waals surface area contributed by atoms with Crippen molar-refractivity contribution in [3.8, 4) is 0 Å². The summed E-state index contributed by atoms with van der Waals surface area (Å²) in [5.74, 6) is 0.974. The summed E-state index contributed by atoms with van der Waals surface area (Å²) in [6, 6.07) is -0.0154. The summed E-state index contributed by atoms with van der Waals surface area (Å²) in [6.07, 6.45) is 6.80. The van der Waals surface area contributed by atoms with Crippen LogP contribution < -0.4 is 5.73 Å². The fourth-order valence-corrected chi connectivity index (χ4v) is 1.67. The Morgan fingerprint density at radius 1 is 1.38 bits per heavy atom. The molecule has 1 unspecified atom stereocenters. The van der Waals surface area contributed by atoms with Crippen LogP contribution in [0.4, 0.5) is 0 Å². The SMILES string of the molecule is CCCOCCC(N)c1nccn1CCC. The molecule has 0 saturated heterocycles. The summed E-state index contributed by atoms with van der Waals surface area (Å²) >= 11 is 0. The van der Waals surface area contributed by atoms with Crippen LogP contribution >= 0.6 is 0 Å². The summed E-state index contributed by atoms with van der Waals surface area (Å²) < 4.78 is 7.56. The van der Waals surface area contributed by atoms with Crippen LogP contribution in [0, 0.1) is 0 Å². The topological polar surface area (TPSA) is 53.1 Å². The number of aryl methyl sites for hydroxylation is 1. The smallest absolute Gasteiger partial charge is 0.125 e. The van der Waals surface area contributed by atoms with Crippen molar-refractivity contribution in [3.63, 3.8) is 0 Å². The number of imidazole rings is 1. The number of nitrogens with two attached hydrogens (primary N) is 1. The Morgan fingerprint density at radius 2 is 2.19 bits per heavy atom. The Bertz CT molecular complexity index is 286. The molecule has 1 rings (SSSR count). The zero-order valence-electron chi connectivity index (χ0n) is 10.4. The Hall–Kier alpha value is -0.870. The van der Waals surface area contributed by atoms with Crippen molar-refractivity contribution in [2.45, 2.75) is 45.7 Å². The zero-order chi connectivity index (χ0) is 11.8. The molecule has 1 aromatic rings. The molecule has 0 radical (unpaired) electrons. The van der Waals surface area contributed by atoms with E-state index in [4.69, 9.17) is 10.5 Å². The Morgan fingerprint density at radius 3 is 2.88 bits per heavy atom. The third kappa shape index (κ3) is 3.94. The van der Waals surface area contributed by atoms with Gasteiger partial charge in [-0.1, -0.05) is 13.8 Å². The van der Waals surface area contributed by atoms with Crippen molar-refractivity contribution in [2.24, 2.45) is 5.73 Å². The van der Waals surface area contributed by atoms with Crippen molar-refractivity contribution in [3.05, 3.63) is 18.2 Å².